The zero-order valence-corrected chi connectivity index (χ0v) is 12.8. The molecule has 0 saturated heterocycles. The zero-order chi connectivity index (χ0) is 14.0. The lowest BCUT2D eigenvalue weighted by Crippen LogP contribution is -2.50. The standard InChI is InChI=1S/C16H30N2O/c1-11-8-9-14(17)13(10-11)16(19)18(3)15-7-5-4-6-12(15)2/h11-15H,4-10,17H2,1-3H3. The molecule has 2 saturated carbocycles. The normalized spacial score (nSPS) is 39.9. The highest BCUT2D eigenvalue weighted by Crippen LogP contribution is 2.32. The second kappa shape index (κ2) is 6.25. The molecule has 1 amide bonds. The summed E-state index contributed by atoms with van der Waals surface area (Å²) in [5.41, 5.74) is 6.20. The van der Waals surface area contributed by atoms with Gasteiger partial charge in [-0.3, -0.25) is 4.79 Å². The van der Waals surface area contributed by atoms with Gasteiger partial charge in [0.05, 0.1) is 5.92 Å². The van der Waals surface area contributed by atoms with Crippen LogP contribution in [0.2, 0.25) is 0 Å². The van der Waals surface area contributed by atoms with Crippen molar-refractivity contribution in [3.8, 4) is 0 Å². The molecule has 0 heterocycles. The summed E-state index contributed by atoms with van der Waals surface area (Å²) in [6.45, 7) is 4.53. The number of amides is 1. The maximum absolute atomic E-state index is 12.7. The molecule has 0 radical (unpaired) electrons. The molecule has 19 heavy (non-hydrogen) atoms. The van der Waals surface area contributed by atoms with E-state index in [-0.39, 0.29) is 12.0 Å². The molecule has 2 rings (SSSR count). The Morgan fingerprint density at radius 1 is 1.11 bits per heavy atom. The number of nitrogens with zero attached hydrogens (tertiary/aromatic N) is 1. The minimum Gasteiger partial charge on any atom is -0.342 e. The van der Waals surface area contributed by atoms with Crippen LogP contribution in [0, 0.1) is 17.8 Å². The van der Waals surface area contributed by atoms with Gasteiger partial charge in [0.25, 0.3) is 0 Å². The Labute approximate surface area is 117 Å². The third-order valence-electron chi connectivity index (χ3n) is 5.39. The van der Waals surface area contributed by atoms with Gasteiger partial charge >= 0.3 is 0 Å². The maximum atomic E-state index is 12.7. The fraction of sp³-hybridized carbons (Fsp3) is 0.938. The van der Waals surface area contributed by atoms with Crippen LogP contribution in [-0.4, -0.2) is 29.9 Å². The molecule has 0 bridgehead atoms. The SMILES string of the molecule is CC1CCC(N)C(C(=O)N(C)C2CCCCC2C)C1. The summed E-state index contributed by atoms with van der Waals surface area (Å²) >= 11 is 0. The van der Waals surface area contributed by atoms with Crippen LogP contribution in [0.3, 0.4) is 0 Å². The highest BCUT2D eigenvalue weighted by atomic mass is 16.2. The van der Waals surface area contributed by atoms with E-state index < -0.39 is 0 Å². The van der Waals surface area contributed by atoms with E-state index in [0.717, 1.165) is 12.8 Å². The van der Waals surface area contributed by atoms with Crippen LogP contribution in [0.4, 0.5) is 0 Å². The third-order valence-corrected chi connectivity index (χ3v) is 5.39. The quantitative estimate of drug-likeness (QED) is 0.835. The van der Waals surface area contributed by atoms with E-state index in [1.54, 1.807) is 0 Å². The van der Waals surface area contributed by atoms with Gasteiger partial charge in [0.15, 0.2) is 0 Å². The molecular formula is C16H30N2O. The summed E-state index contributed by atoms with van der Waals surface area (Å²) < 4.78 is 0. The first kappa shape index (κ1) is 14.8. The number of rotatable bonds is 2. The molecule has 110 valence electrons. The van der Waals surface area contributed by atoms with Crippen LogP contribution >= 0.6 is 0 Å². The van der Waals surface area contributed by atoms with Crippen molar-refractivity contribution < 1.29 is 4.79 Å². The second-order valence-corrected chi connectivity index (χ2v) is 6.97. The summed E-state index contributed by atoms with van der Waals surface area (Å²) in [6, 6.07) is 0.510. The molecule has 2 fully saturated rings. The van der Waals surface area contributed by atoms with Crippen LogP contribution in [0.25, 0.3) is 0 Å². The lowest BCUT2D eigenvalue weighted by atomic mass is 9.77. The number of nitrogens with two attached hydrogens (primary N) is 1. The number of hydrogen-bond acceptors (Lipinski definition) is 2. The van der Waals surface area contributed by atoms with Crippen LogP contribution in [-0.2, 0) is 4.79 Å². The summed E-state index contributed by atoms with van der Waals surface area (Å²) in [4.78, 5) is 14.8. The van der Waals surface area contributed by atoms with Gasteiger partial charge in [-0.15, -0.1) is 0 Å². The third kappa shape index (κ3) is 3.31. The first-order chi connectivity index (χ1) is 9.00. The van der Waals surface area contributed by atoms with Gasteiger partial charge < -0.3 is 10.6 Å². The molecule has 2 aliphatic carbocycles. The van der Waals surface area contributed by atoms with Gasteiger partial charge in [0.1, 0.15) is 0 Å². The van der Waals surface area contributed by atoms with Gasteiger partial charge in [-0.1, -0.05) is 26.7 Å². The lowest BCUT2D eigenvalue weighted by Gasteiger charge is -2.40. The lowest BCUT2D eigenvalue weighted by molar-refractivity contribution is -0.140. The van der Waals surface area contributed by atoms with Crippen molar-refractivity contribution in [2.24, 2.45) is 23.5 Å². The van der Waals surface area contributed by atoms with Gasteiger partial charge in [-0.2, -0.15) is 0 Å². The molecule has 2 N–H and O–H groups in total. The number of hydrogen-bond donors (Lipinski definition) is 1. The predicted octanol–water partition coefficient (Wildman–Crippen LogP) is 2.79. The van der Waals surface area contributed by atoms with Gasteiger partial charge in [0.2, 0.25) is 5.91 Å². The second-order valence-electron chi connectivity index (χ2n) is 6.97. The van der Waals surface area contributed by atoms with Crippen molar-refractivity contribution in [1.29, 1.82) is 0 Å². The Morgan fingerprint density at radius 3 is 2.47 bits per heavy atom. The Morgan fingerprint density at radius 2 is 1.79 bits per heavy atom. The van der Waals surface area contributed by atoms with Gasteiger partial charge in [0, 0.05) is 19.1 Å². The molecule has 0 aliphatic heterocycles. The molecule has 2 aliphatic rings. The summed E-state index contributed by atoms with van der Waals surface area (Å²) in [5.74, 6) is 1.64. The van der Waals surface area contributed by atoms with E-state index in [0.29, 0.717) is 23.8 Å². The fourth-order valence-electron chi connectivity index (χ4n) is 3.99. The zero-order valence-electron chi connectivity index (χ0n) is 12.8. The number of carbonyl (C=O) groups excluding carboxylic acids is 1. The van der Waals surface area contributed by atoms with E-state index in [1.165, 1.54) is 32.1 Å². The van der Waals surface area contributed by atoms with Crippen molar-refractivity contribution in [1.82, 2.24) is 4.90 Å². The van der Waals surface area contributed by atoms with E-state index in [9.17, 15) is 4.79 Å². The summed E-state index contributed by atoms with van der Waals surface area (Å²) in [6.07, 6.45) is 8.17. The van der Waals surface area contributed by atoms with Crippen LogP contribution in [0.5, 0.6) is 0 Å². The summed E-state index contributed by atoms with van der Waals surface area (Å²) in [7, 11) is 2.00. The van der Waals surface area contributed by atoms with Crippen molar-refractivity contribution in [2.45, 2.75) is 70.9 Å². The molecule has 0 aromatic heterocycles. The Balaban J connectivity index is 2.01. The summed E-state index contributed by atoms with van der Waals surface area (Å²) in [5, 5.41) is 0. The van der Waals surface area contributed by atoms with Crippen molar-refractivity contribution in [3.63, 3.8) is 0 Å². The van der Waals surface area contributed by atoms with Crippen molar-refractivity contribution >= 4 is 5.91 Å². The molecule has 5 atom stereocenters. The van der Waals surface area contributed by atoms with Crippen LogP contribution in [0.15, 0.2) is 0 Å². The van der Waals surface area contributed by atoms with Gasteiger partial charge in [-0.25, -0.2) is 0 Å². The average molecular weight is 266 g/mol. The van der Waals surface area contributed by atoms with E-state index in [2.05, 4.69) is 13.8 Å². The minimum absolute atomic E-state index is 0.0582. The molecule has 0 aromatic carbocycles. The average Bonchev–Trinajstić information content (AvgIpc) is 2.40. The molecule has 0 aromatic rings. The Bertz CT molecular complexity index is 318. The highest BCUT2D eigenvalue weighted by Gasteiger charge is 2.36. The molecule has 5 unspecified atom stereocenters. The van der Waals surface area contributed by atoms with Crippen LogP contribution in [0.1, 0.15) is 58.8 Å². The molecule has 3 heteroatoms. The largest absolute Gasteiger partial charge is 0.342 e. The topological polar surface area (TPSA) is 46.3 Å². The van der Waals surface area contributed by atoms with Gasteiger partial charge in [-0.05, 0) is 43.9 Å². The first-order valence-corrected chi connectivity index (χ1v) is 8.03. The van der Waals surface area contributed by atoms with Crippen molar-refractivity contribution in [2.75, 3.05) is 7.05 Å². The Kier molecular flexibility index (Phi) is 4.88. The van der Waals surface area contributed by atoms with E-state index in [4.69, 9.17) is 5.73 Å². The van der Waals surface area contributed by atoms with E-state index >= 15 is 0 Å². The first-order valence-electron chi connectivity index (χ1n) is 8.03. The molecular weight excluding hydrogens is 236 g/mol. The number of carbonyl (C=O) groups is 1. The Hall–Kier alpha value is -0.570. The van der Waals surface area contributed by atoms with E-state index in [1.807, 2.05) is 11.9 Å². The predicted molar refractivity (Wildman–Crippen MR) is 78.7 cm³/mol. The minimum atomic E-state index is 0.0582. The highest BCUT2D eigenvalue weighted by molar-refractivity contribution is 5.79. The van der Waals surface area contributed by atoms with Crippen LogP contribution < -0.4 is 5.73 Å². The monoisotopic (exact) mass is 266 g/mol. The van der Waals surface area contributed by atoms with Crippen molar-refractivity contribution in [3.05, 3.63) is 0 Å². The fourth-order valence-corrected chi connectivity index (χ4v) is 3.99. The molecule has 0 spiro atoms. The molecule has 3 nitrogen and oxygen atoms in total. The smallest absolute Gasteiger partial charge is 0.227 e. The maximum Gasteiger partial charge on any atom is 0.227 e.